The fourth-order valence-electron chi connectivity index (χ4n) is 1.64. The third-order valence-electron chi connectivity index (χ3n) is 2.59. The van der Waals surface area contributed by atoms with Crippen LogP contribution < -0.4 is 5.32 Å². The molecule has 0 radical (unpaired) electrons. The second kappa shape index (κ2) is 4.92. The zero-order valence-electron chi connectivity index (χ0n) is 8.49. The van der Waals surface area contributed by atoms with Gasteiger partial charge in [-0.3, -0.25) is 0 Å². The predicted molar refractivity (Wildman–Crippen MR) is 59.8 cm³/mol. The molecule has 2 rings (SSSR count). The number of pyridine rings is 1. The van der Waals surface area contributed by atoms with Crippen LogP contribution in [0.3, 0.4) is 0 Å². The Morgan fingerprint density at radius 3 is 3.00 bits per heavy atom. The SMILES string of the molecule is OCC[C@@H](NC1CC1)c1ccnc(Cl)c1. The standard InChI is InChI=1S/C11H15ClN2O/c12-11-7-8(3-5-13-11)10(4-6-15)14-9-1-2-9/h3,5,7,9-10,14-15H,1-2,4,6H2/t10-/m1/s1. The molecule has 0 aromatic carbocycles. The Morgan fingerprint density at radius 2 is 2.40 bits per heavy atom. The molecule has 1 atom stereocenters. The van der Waals surface area contributed by atoms with E-state index in [-0.39, 0.29) is 12.6 Å². The molecule has 0 unspecified atom stereocenters. The van der Waals surface area contributed by atoms with Crippen LogP contribution in [-0.4, -0.2) is 22.7 Å². The first-order valence-electron chi connectivity index (χ1n) is 5.28. The average Bonchev–Trinajstić information content (AvgIpc) is 3.01. The van der Waals surface area contributed by atoms with Crippen molar-refractivity contribution in [3.63, 3.8) is 0 Å². The zero-order chi connectivity index (χ0) is 10.7. The van der Waals surface area contributed by atoms with Crippen molar-refractivity contribution in [2.45, 2.75) is 31.3 Å². The quantitative estimate of drug-likeness (QED) is 0.754. The van der Waals surface area contributed by atoms with Crippen molar-refractivity contribution in [2.24, 2.45) is 0 Å². The van der Waals surface area contributed by atoms with Crippen LogP contribution in [0.1, 0.15) is 30.9 Å². The van der Waals surface area contributed by atoms with Crippen LogP contribution in [-0.2, 0) is 0 Å². The van der Waals surface area contributed by atoms with E-state index in [1.807, 2.05) is 12.1 Å². The van der Waals surface area contributed by atoms with Gasteiger partial charge in [0.1, 0.15) is 5.15 Å². The van der Waals surface area contributed by atoms with Crippen LogP contribution in [0.4, 0.5) is 0 Å². The number of halogens is 1. The Labute approximate surface area is 94.5 Å². The van der Waals surface area contributed by atoms with Gasteiger partial charge in [0.15, 0.2) is 0 Å². The lowest BCUT2D eigenvalue weighted by Crippen LogP contribution is -2.24. The average molecular weight is 227 g/mol. The first-order valence-corrected chi connectivity index (χ1v) is 5.66. The maximum Gasteiger partial charge on any atom is 0.129 e. The Kier molecular flexibility index (Phi) is 3.57. The molecule has 0 amide bonds. The second-order valence-electron chi connectivity index (χ2n) is 3.92. The van der Waals surface area contributed by atoms with E-state index in [1.54, 1.807) is 6.20 Å². The Morgan fingerprint density at radius 1 is 1.60 bits per heavy atom. The van der Waals surface area contributed by atoms with Gasteiger partial charge < -0.3 is 10.4 Å². The van der Waals surface area contributed by atoms with Gasteiger partial charge in [-0.1, -0.05) is 11.6 Å². The van der Waals surface area contributed by atoms with Crippen molar-refractivity contribution >= 4 is 11.6 Å². The molecule has 1 aromatic heterocycles. The lowest BCUT2D eigenvalue weighted by atomic mass is 10.1. The van der Waals surface area contributed by atoms with E-state index in [1.165, 1.54) is 12.8 Å². The Hall–Kier alpha value is -0.640. The highest BCUT2D eigenvalue weighted by Crippen LogP contribution is 2.26. The molecule has 0 bridgehead atoms. The van der Waals surface area contributed by atoms with Gasteiger partial charge in [-0.2, -0.15) is 0 Å². The molecule has 0 aliphatic heterocycles. The summed E-state index contributed by atoms with van der Waals surface area (Å²) in [6.07, 6.45) is 4.90. The smallest absolute Gasteiger partial charge is 0.129 e. The van der Waals surface area contributed by atoms with Crippen LogP contribution in [0.2, 0.25) is 5.15 Å². The van der Waals surface area contributed by atoms with E-state index in [4.69, 9.17) is 16.7 Å². The summed E-state index contributed by atoms with van der Waals surface area (Å²) in [5.74, 6) is 0. The molecular formula is C11H15ClN2O. The first-order chi connectivity index (χ1) is 7.29. The van der Waals surface area contributed by atoms with Crippen molar-refractivity contribution in [3.05, 3.63) is 29.0 Å². The number of aromatic nitrogens is 1. The molecule has 15 heavy (non-hydrogen) atoms. The van der Waals surface area contributed by atoms with Crippen LogP contribution in [0.5, 0.6) is 0 Å². The third-order valence-corrected chi connectivity index (χ3v) is 2.79. The normalized spacial score (nSPS) is 17.7. The number of rotatable bonds is 5. The highest BCUT2D eigenvalue weighted by Gasteiger charge is 2.25. The molecule has 3 nitrogen and oxygen atoms in total. The van der Waals surface area contributed by atoms with Crippen molar-refractivity contribution in [2.75, 3.05) is 6.61 Å². The highest BCUT2D eigenvalue weighted by atomic mass is 35.5. The molecule has 1 fully saturated rings. The lowest BCUT2D eigenvalue weighted by Gasteiger charge is -2.17. The fourth-order valence-corrected chi connectivity index (χ4v) is 1.83. The number of nitrogens with zero attached hydrogens (tertiary/aromatic N) is 1. The van der Waals surface area contributed by atoms with Gasteiger partial charge in [0.2, 0.25) is 0 Å². The Balaban J connectivity index is 2.07. The molecule has 82 valence electrons. The van der Waals surface area contributed by atoms with Gasteiger partial charge in [0.25, 0.3) is 0 Å². The van der Waals surface area contributed by atoms with Gasteiger partial charge >= 0.3 is 0 Å². The first kappa shape index (κ1) is 10.9. The third kappa shape index (κ3) is 3.16. The highest BCUT2D eigenvalue weighted by molar-refractivity contribution is 6.29. The zero-order valence-corrected chi connectivity index (χ0v) is 9.24. The molecule has 0 saturated heterocycles. The summed E-state index contributed by atoms with van der Waals surface area (Å²) in [6.45, 7) is 0.185. The van der Waals surface area contributed by atoms with Crippen LogP contribution in [0, 0.1) is 0 Å². The summed E-state index contributed by atoms with van der Waals surface area (Å²) in [7, 11) is 0. The van der Waals surface area contributed by atoms with Crippen LogP contribution >= 0.6 is 11.6 Å². The monoisotopic (exact) mass is 226 g/mol. The van der Waals surface area contributed by atoms with Crippen molar-refractivity contribution < 1.29 is 5.11 Å². The van der Waals surface area contributed by atoms with Crippen molar-refractivity contribution in [3.8, 4) is 0 Å². The van der Waals surface area contributed by atoms with Gasteiger partial charge in [0, 0.05) is 24.9 Å². The summed E-state index contributed by atoms with van der Waals surface area (Å²) in [5, 5.41) is 13.0. The number of hydrogen-bond donors (Lipinski definition) is 2. The molecule has 2 N–H and O–H groups in total. The molecule has 1 aliphatic carbocycles. The Bertz CT molecular complexity index is 328. The minimum Gasteiger partial charge on any atom is -0.396 e. The van der Waals surface area contributed by atoms with Gasteiger partial charge in [-0.25, -0.2) is 4.98 Å². The van der Waals surface area contributed by atoms with E-state index >= 15 is 0 Å². The van der Waals surface area contributed by atoms with Gasteiger partial charge in [0.05, 0.1) is 0 Å². The summed E-state index contributed by atoms with van der Waals surface area (Å²) in [6, 6.07) is 4.62. The largest absolute Gasteiger partial charge is 0.396 e. The van der Waals surface area contributed by atoms with E-state index in [0.29, 0.717) is 11.2 Å². The molecule has 1 heterocycles. The van der Waals surface area contributed by atoms with Gasteiger partial charge in [-0.15, -0.1) is 0 Å². The van der Waals surface area contributed by atoms with Gasteiger partial charge in [-0.05, 0) is 37.0 Å². The predicted octanol–water partition coefficient (Wildman–Crippen LogP) is 1.91. The molecular weight excluding hydrogens is 212 g/mol. The minimum absolute atomic E-state index is 0.185. The van der Waals surface area contributed by atoms with E-state index in [2.05, 4.69) is 10.3 Å². The lowest BCUT2D eigenvalue weighted by molar-refractivity contribution is 0.265. The summed E-state index contributed by atoms with van der Waals surface area (Å²) < 4.78 is 0. The maximum absolute atomic E-state index is 9.01. The molecule has 1 aliphatic rings. The topological polar surface area (TPSA) is 45.1 Å². The van der Waals surface area contributed by atoms with Crippen LogP contribution in [0.15, 0.2) is 18.3 Å². The van der Waals surface area contributed by atoms with E-state index in [0.717, 1.165) is 12.0 Å². The second-order valence-corrected chi connectivity index (χ2v) is 4.30. The number of aliphatic hydroxyl groups is 1. The minimum atomic E-state index is 0.185. The fraction of sp³-hybridized carbons (Fsp3) is 0.545. The van der Waals surface area contributed by atoms with Crippen LogP contribution in [0.25, 0.3) is 0 Å². The van der Waals surface area contributed by atoms with Crippen molar-refractivity contribution in [1.82, 2.24) is 10.3 Å². The maximum atomic E-state index is 9.01. The molecule has 0 spiro atoms. The number of nitrogens with one attached hydrogen (secondary N) is 1. The summed E-state index contributed by atoms with van der Waals surface area (Å²) >= 11 is 5.84. The summed E-state index contributed by atoms with van der Waals surface area (Å²) in [5.41, 5.74) is 1.11. The van der Waals surface area contributed by atoms with Crippen molar-refractivity contribution in [1.29, 1.82) is 0 Å². The van der Waals surface area contributed by atoms with E-state index in [9.17, 15) is 0 Å². The summed E-state index contributed by atoms with van der Waals surface area (Å²) in [4.78, 5) is 3.95. The number of hydrogen-bond acceptors (Lipinski definition) is 3. The van der Waals surface area contributed by atoms with E-state index < -0.39 is 0 Å². The number of aliphatic hydroxyl groups excluding tert-OH is 1. The molecule has 1 aromatic rings. The molecule has 4 heteroatoms. The molecule has 1 saturated carbocycles.